The fraction of sp³-hybridized carbons (Fsp3) is 0.500. The number of carbonyl (C=O) groups excluding carboxylic acids is 2. The maximum atomic E-state index is 12.1. The number of β-amino-alcohol motifs (C(OH)–C–C–N with tert-alkyl or cyclic N) is 1. The summed E-state index contributed by atoms with van der Waals surface area (Å²) in [6.45, 7) is 1.41. The van der Waals surface area contributed by atoms with Crippen LogP contribution in [-0.2, 0) is 14.3 Å². The number of amides is 1. The normalized spacial score (nSPS) is 18.5. The Balaban J connectivity index is 2.15. The average molecular weight is 355 g/mol. The molecule has 2 atom stereocenters. The number of esters is 1. The standard InChI is InChI=1S/C16H21NO6S/c1-2-22-15(21)9-23-13-6-4-3-5-12(13)16-17(7-11(19)8-18)14(20)10-24-16/h3-6,11,16,18-19H,2,7-10H2,1H3. The first kappa shape index (κ1) is 18.6. The van der Waals surface area contributed by atoms with Crippen molar-refractivity contribution in [3.8, 4) is 5.75 Å². The number of nitrogens with zero attached hydrogens (tertiary/aromatic N) is 1. The molecule has 1 aliphatic heterocycles. The third kappa shape index (κ3) is 4.62. The fourth-order valence-electron chi connectivity index (χ4n) is 2.35. The van der Waals surface area contributed by atoms with Gasteiger partial charge in [-0.3, -0.25) is 4.79 Å². The summed E-state index contributed by atoms with van der Waals surface area (Å²) in [5.41, 5.74) is 0.739. The molecule has 1 fully saturated rings. The molecule has 8 heteroatoms. The Bertz CT molecular complexity index is 581. The van der Waals surface area contributed by atoms with Crippen molar-refractivity contribution in [2.24, 2.45) is 0 Å². The minimum absolute atomic E-state index is 0.0409. The van der Waals surface area contributed by atoms with E-state index in [9.17, 15) is 14.7 Å². The highest BCUT2D eigenvalue weighted by molar-refractivity contribution is 8.00. The molecule has 2 N–H and O–H groups in total. The van der Waals surface area contributed by atoms with Crippen molar-refractivity contribution in [1.82, 2.24) is 4.90 Å². The minimum atomic E-state index is -0.997. The van der Waals surface area contributed by atoms with Crippen LogP contribution in [0.2, 0.25) is 0 Å². The van der Waals surface area contributed by atoms with Crippen LogP contribution < -0.4 is 4.74 Å². The SMILES string of the molecule is CCOC(=O)COc1ccccc1C1SCC(=O)N1CC(O)CO. The third-order valence-electron chi connectivity index (χ3n) is 3.42. The van der Waals surface area contributed by atoms with Gasteiger partial charge in [-0.2, -0.15) is 0 Å². The Hall–Kier alpha value is -1.77. The summed E-state index contributed by atoms with van der Waals surface area (Å²) in [6, 6.07) is 7.13. The summed E-state index contributed by atoms with van der Waals surface area (Å²) in [7, 11) is 0. The van der Waals surface area contributed by atoms with Gasteiger partial charge < -0.3 is 24.6 Å². The molecule has 1 aliphatic rings. The largest absolute Gasteiger partial charge is 0.482 e. The molecule has 7 nitrogen and oxygen atoms in total. The molecule has 0 saturated carbocycles. The van der Waals surface area contributed by atoms with Gasteiger partial charge in [0, 0.05) is 5.56 Å². The Morgan fingerprint density at radius 1 is 1.46 bits per heavy atom. The molecule has 0 bridgehead atoms. The Morgan fingerprint density at radius 3 is 2.92 bits per heavy atom. The van der Waals surface area contributed by atoms with Crippen LogP contribution in [0.4, 0.5) is 0 Å². The van der Waals surface area contributed by atoms with Gasteiger partial charge in [0.25, 0.3) is 0 Å². The molecule has 132 valence electrons. The lowest BCUT2D eigenvalue weighted by Crippen LogP contribution is -2.37. The van der Waals surface area contributed by atoms with E-state index < -0.39 is 18.7 Å². The molecule has 0 aliphatic carbocycles. The van der Waals surface area contributed by atoms with Gasteiger partial charge in [0.2, 0.25) is 5.91 Å². The predicted molar refractivity (Wildman–Crippen MR) is 88.6 cm³/mol. The van der Waals surface area contributed by atoms with Crippen molar-refractivity contribution in [1.29, 1.82) is 0 Å². The second-order valence-corrected chi connectivity index (χ2v) is 6.25. The molecule has 1 aromatic carbocycles. The van der Waals surface area contributed by atoms with Crippen molar-refractivity contribution >= 4 is 23.6 Å². The second-order valence-electron chi connectivity index (χ2n) is 5.18. The number of benzene rings is 1. The van der Waals surface area contributed by atoms with E-state index in [4.69, 9.17) is 14.6 Å². The lowest BCUT2D eigenvalue weighted by Gasteiger charge is -2.27. The third-order valence-corrected chi connectivity index (χ3v) is 4.66. The average Bonchev–Trinajstić information content (AvgIpc) is 2.94. The van der Waals surface area contributed by atoms with E-state index in [2.05, 4.69) is 0 Å². The van der Waals surface area contributed by atoms with Crippen molar-refractivity contribution in [2.45, 2.75) is 18.4 Å². The summed E-state index contributed by atoms with van der Waals surface area (Å²) >= 11 is 1.41. The topological polar surface area (TPSA) is 96.3 Å². The molecule has 1 heterocycles. The van der Waals surface area contributed by atoms with Crippen molar-refractivity contribution in [3.05, 3.63) is 29.8 Å². The Kier molecular flexibility index (Phi) is 6.89. The first-order valence-electron chi connectivity index (χ1n) is 7.64. The van der Waals surface area contributed by atoms with Crippen LogP contribution in [0.3, 0.4) is 0 Å². The van der Waals surface area contributed by atoms with E-state index in [0.29, 0.717) is 5.75 Å². The Morgan fingerprint density at radius 2 is 2.21 bits per heavy atom. The number of thioether (sulfide) groups is 1. The molecular formula is C16H21NO6S. The number of aliphatic hydroxyl groups excluding tert-OH is 2. The highest BCUT2D eigenvalue weighted by Gasteiger charge is 2.35. The van der Waals surface area contributed by atoms with Gasteiger partial charge in [0.05, 0.1) is 31.6 Å². The maximum Gasteiger partial charge on any atom is 0.344 e. The number of carbonyl (C=O) groups is 2. The molecule has 0 aromatic heterocycles. The van der Waals surface area contributed by atoms with Crippen LogP contribution in [0.25, 0.3) is 0 Å². The maximum absolute atomic E-state index is 12.1. The lowest BCUT2D eigenvalue weighted by molar-refractivity contribution is -0.145. The number of hydrogen-bond donors (Lipinski definition) is 2. The van der Waals surface area contributed by atoms with Crippen LogP contribution in [0, 0.1) is 0 Å². The zero-order chi connectivity index (χ0) is 17.5. The van der Waals surface area contributed by atoms with Crippen LogP contribution in [-0.4, -0.2) is 65.2 Å². The molecule has 0 spiro atoms. The van der Waals surface area contributed by atoms with Crippen LogP contribution in [0.15, 0.2) is 24.3 Å². The first-order valence-corrected chi connectivity index (χ1v) is 8.69. The summed E-state index contributed by atoms with van der Waals surface area (Å²) in [5, 5.41) is 18.3. The van der Waals surface area contributed by atoms with E-state index in [-0.39, 0.29) is 36.8 Å². The summed E-state index contributed by atoms with van der Waals surface area (Å²) < 4.78 is 10.4. The van der Waals surface area contributed by atoms with Crippen molar-refractivity contribution in [3.63, 3.8) is 0 Å². The van der Waals surface area contributed by atoms with Gasteiger partial charge in [-0.15, -0.1) is 11.8 Å². The van der Waals surface area contributed by atoms with Gasteiger partial charge in [-0.25, -0.2) is 4.79 Å². The second kappa shape index (κ2) is 8.91. The van der Waals surface area contributed by atoms with Crippen molar-refractivity contribution in [2.75, 3.05) is 32.1 Å². The van der Waals surface area contributed by atoms with E-state index in [1.165, 1.54) is 16.7 Å². The minimum Gasteiger partial charge on any atom is -0.482 e. The fourth-order valence-corrected chi connectivity index (χ4v) is 3.57. The lowest BCUT2D eigenvalue weighted by atomic mass is 10.1. The number of hydrogen-bond acceptors (Lipinski definition) is 7. The molecular weight excluding hydrogens is 334 g/mol. The monoisotopic (exact) mass is 355 g/mol. The highest BCUT2D eigenvalue weighted by atomic mass is 32.2. The molecule has 1 amide bonds. The zero-order valence-corrected chi connectivity index (χ0v) is 14.2. The summed E-state index contributed by atoms with van der Waals surface area (Å²) in [6.07, 6.45) is -0.997. The molecule has 1 saturated heterocycles. The summed E-state index contributed by atoms with van der Waals surface area (Å²) in [5.74, 6) is 0.198. The molecule has 2 unspecified atom stereocenters. The molecule has 24 heavy (non-hydrogen) atoms. The van der Waals surface area contributed by atoms with Gasteiger partial charge >= 0.3 is 5.97 Å². The smallest absolute Gasteiger partial charge is 0.344 e. The highest BCUT2D eigenvalue weighted by Crippen LogP contribution is 2.42. The molecule has 1 aromatic rings. The summed E-state index contributed by atoms with van der Waals surface area (Å²) in [4.78, 5) is 25.1. The zero-order valence-electron chi connectivity index (χ0n) is 13.4. The van der Waals surface area contributed by atoms with Gasteiger partial charge in [0.1, 0.15) is 11.1 Å². The van der Waals surface area contributed by atoms with E-state index in [1.54, 1.807) is 19.1 Å². The van der Waals surface area contributed by atoms with Gasteiger partial charge in [-0.1, -0.05) is 18.2 Å². The quantitative estimate of drug-likeness (QED) is 0.658. The van der Waals surface area contributed by atoms with Crippen LogP contribution >= 0.6 is 11.8 Å². The number of rotatable bonds is 8. The molecule has 0 radical (unpaired) electrons. The Labute approximate surface area is 144 Å². The van der Waals surface area contributed by atoms with E-state index in [0.717, 1.165) is 5.56 Å². The molecule has 2 rings (SSSR count). The number of para-hydroxylation sites is 1. The number of ether oxygens (including phenoxy) is 2. The van der Waals surface area contributed by atoms with Crippen LogP contribution in [0.5, 0.6) is 5.75 Å². The van der Waals surface area contributed by atoms with Gasteiger partial charge in [-0.05, 0) is 13.0 Å². The number of aliphatic hydroxyl groups is 2. The van der Waals surface area contributed by atoms with Crippen molar-refractivity contribution < 1.29 is 29.3 Å². The first-order chi connectivity index (χ1) is 11.6. The van der Waals surface area contributed by atoms with E-state index >= 15 is 0 Å². The van der Waals surface area contributed by atoms with Gasteiger partial charge in [0.15, 0.2) is 6.61 Å². The predicted octanol–water partition coefficient (Wildman–Crippen LogP) is 0.556. The van der Waals surface area contributed by atoms with E-state index in [1.807, 2.05) is 12.1 Å². The van der Waals surface area contributed by atoms with Crippen LogP contribution in [0.1, 0.15) is 17.9 Å².